The number of Topliss-reactive ketones (excluding diaryl/α,β-unsaturated/α-hetero) is 1. The summed E-state index contributed by atoms with van der Waals surface area (Å²) < 4.78 is 5.98. The summed E-state index contributed by atoms with van der Waals surface area (Å²) in [5.74, 6) is 2.24. The molecule has 1 N–H and O–H groups in total. The summed E-state index contributed by atoms with van der Waals surface area (Å²) in [4.78, 5) is 20.9. The van der Waals surface area contributed by atoms with Crippen molar-refractivity contribution in [3.8, 4) is 0 Å². The molecule has 4 aliphatic carbocycles. The Kier molecular flexibility index (Phi) is 5.46. The maximum atomic E-state index is 13.8. The molecule has 184 valence electrons. The van der Waals surface area contributed by atoms with Gasteiger partial charge in [0.1, 0.15) is 5.78 Å². The fraction of sp³-hybridized carbons (Fsp3) is 0.857. The Labute approximate surface area is 200 Å². The molecule has 0 aromatic carbocycles. The van der Waals surface area contributed by atoms with Crippen LogP contribution in [0.15, 0.2) is 16.6 Å². The Morgan fingerprint density at radius 2 is 1.94 bits per heavy atom. The molecule has 33 heavy (non-hydrogen) atoms. The van der Waals surface area contributed by atoms with Crippen LogP contribution in [0.2, 0.25) is 0 Å². The molecule has 0 amide bonds. The number of fused-ring (bicyclic) bond motifs is 6. The largest absolute Gasteiger partial charge is 0.481 e. The van der Waals surface area contributed by atoms with Gasteiger partial charge in [0, 0.05) is 36.6 Å². The molecule has 1 aliphatic heterocycles. The van der Waals surface area contributed by atoms with Gasteiger partial charge in [-0.25, -0.2) is 0 Å². The Morgan fingerprint density at radius 1 is 1.21 bits per heavy atom. The molecule has 1 heterocycles. The first-order valence-electron chi connectivity index (χ1n) is 13.2. The van der Waals surface area contributed by atoms with E-state index in [0.29, 0.717) is 24.0 Å². The first-order valence-corrected chi connectivity index (χ1v) is 13.2. The van der Waals surface area contributed by atoms with Gasteiger partial charge in [0.15, 0.2) is 5.90 Å². The van der Waals surface area contributed by atoms with E-state index in [0.717, 1.165) is 44.6 Å². The van der Waals surface area contributed by atoms with Crippen molar-refractivity contribution in [2.24, 2.45) is 44.9 Å². The van der Waals surface area contributed by atoms with E-state index in [1.54, 1.807) is 0 Å². The van der Waals surface area contributed by atoms with E-state index in [1.807, 2.05) is 6.92 Å². The zero-order valence-electron chi connectivity index (χ0n) is 21.7. The fourth-order valence-electron chi connectivity index (χ4n) is 9.19. The van der Waals surface area contributed by atoms with Crippen LogP contribution in [0.1, 0.15) is 73.1 Å². The number of ether oxygens (including phenoxy) is 1. The number of rotatable bonds is 2. The van der Waals surface area contributed by atoms with Crippen molar-refractivity contribution in [2.75, 3.05) is 20.7 Å². The van der Waals surface area contributed by atoms with E-state index in [-0.39, 0.29) is 46.3 Å². The summed E-state index contributed by atoms with van der Waals surface area (Å²) in [6, 6.07) is 0.530. The van der Waals surface area contributed by atoms with Gasteiger partial charge in [0.25, 0.3) is 0 Å². The summed E-state index contributed by atoms with van der Waals surface area (Å²) in [7, 11) is 4.19. The van der Waals surface area contributed by atoms with Gasteiger partial charge in [-0.15, -0.1) is 0 Å². The normalized spacial score (nSPS) is 50.2. The quantitative estimate of drug-likeness (QED) is 0.622. The molecule has 5 heteroatoms. The topological polar surface area (TPSA) is 62.1 Å². The van der Waals surface area contributed by atoms with Crippen LogP contribution in [-0.4, -0.2) is 60.6 Å². The second kappa shape index (κ2) is 7.65. The third kappa shape index (κ3) is 3.17. The van der Waals surface area contributed by atoms with E-state index >= 15 is 0 Å². The molecular weight excluding hydrogens is 412 g/mol. The molecular formula is C28H44N2O3. The second-order valence-electron chi connectivity index (χ2n) is 13.0. The number of allylic oxidation sites excluding steroid dienone is 1. The highest BCUT2D eigenvalue weighted by molar-refractivity contribution is 5.84. The third-order valence-corrected chi connectivity index (χ3v) is 11.4. The molecule has 0 spiro atoms. The predicted molar refractivity (Wildman–Crippen MR) is 131 cm³/mol. The number of aliphatic hydroxyl groups is 1. The first-order chi connectivity index (χ1) is 15.4. The first kappa shape index (κ1) is 23.5. The van der Waals surface area contributed by atoms with Crippen LogP contribution in [-0.2, 0) is 9.53 Å². The molecule has 5 rings (SSSR count). The summed E-state index contributed by atoms with van der Waals surface area (Å²) in [6.07, 6.45) is 7.52. The number of carbonyl (C=O) groups excluding carboxylic acids is 1. The Balaban J connectivity index is 1.51. The van der Waals surface area contributed by atoms with E-state index in [2.05, 4.69) is 52.8 Å². The molecule has 0 bridgehead atoms. The molecule has 3 fully saturated rings. The number of aliphatic hydroxyl groups excluding tert-OH is 1. The van der Waals surface area contributed by atoms with Gasteiger partial charge in [-0.1, -0.05) is 32.4 Å². The van der Waals surface area contributed by atoms with Gasteiger partial charge < -0.3 is 14.7 Å². The number of ketones is 1. The van der Waals surface area contributed by atoms with Crippen LogP contribution in [0.4, 0.5) is 0 Å². The lowest BCUT2D eigenvalue weighted by Crippen LogP contribution is -2.55. The molecule has 5 nitrogen and oxygen atoms in total. The number of hydrogen-bond donors (Lipinski definition) is 1. The van der Waals surface area contributed by atoms with E-state index in [1.165, 1.54) is 5.57 Å². The van der Waals surface area contributed by atoms with Crippen LogP contribution in [0.3, 0.4) is 0 Å². The van der Waals surface area contributed by atoms with E-state index in [4.69, 9.17) is 9.73 Å². The lowest BCUT2D eigenvalue weighted by atomic mass is 9.48. The molecule has 0 aromatic heterocycles. The molecule has 10 atom stereocenters. The zero-order valence-corrected chi connectivity index (χ0v) is 21.7. The van der Waals surface area contributed by atoms with Gasteiger partial charge in [-0.2, -0.15) is 0 Å². The lowest BCUT2D eigenvalue weighted by molar-refractivity contribution is -0.147. The minimum atomic E-state index is -0.348. The number of carbonyl (C=O) groups is 1. The summed E-state index contributed by atoms with van der Waals surface area (Å²) in [6.45, 7) is 12.0. The molecule has 0 radical (unpaired) electrons. The minimum Gasteiger partial charge on any atom is -0.481 e. The van der Waals surface area contributed by atoms with Crippen LogP contribution in [0, 0.1) is 39.9 Å². The molecule has 3 saturated carbocycles. The highest BCUT2D eigenvalue weighted by Gasteiger charge is 2.68. The monoisotopic (exact) mass is 456 g/mol. The van der Waals surface area contributed by atoms with Crippen molar-refractivity contribution in [3.05, 3.63) is 11.6 Å². The summed E-state index contributed by atoms with van der Waals surface area (Å²) in [5.41, 5.74) is 1.31. The average molecular weight is 457 g/mol. The van der Waals surface area contributed by atoms with Crippen LogP contribution >= 0.6 is 0 Å². The fourth-order valence-corrected chi connectivity index (χ4v) is 9.19. The number of aliphatic imine (C=N–C) groups is 1. The van der Waals surface area contributed by atoms with Crippen molar-refractivity contribution in [3.63, 3.8) is 0 Å². The number of nitrogens with zero attached hydrogens (tertiary/aromatic N) is 2. The Bertz CT molecular complexity index is 896. The Hall–Kier alpha value is -1.20. The summed E-state index contributed by atoms with van der Waals surface area (Å²) >= 11 is 0. The molecule has 0 saturated heterocycles. The number of hydrogen-bond acceptors (Lipinski definition) is 5. The van der Waals surface area contributed by atoms with Crippen LogP contribution < -0.4 is 0 Å². The standard InChI is InChI=1S/C28H44N2O3/c1-16(30(6)7)25-23(32)14-27(4)21-10-9-20-18(12-19(21)22(31)13-28(25,27)5)8-11-24-26(20,3)15-33-17(2)29-24/h8,16,19-21,23-25,32H,9-15H2,1-7H3/t16-,19?,20?,21?,23+,24?,25-,26-,27-,28+/m0/s1. The van der Waals surface area contributed by atoms with Crippen molar-refractivity contribution >= 4 is 11.7 Å². The third-order valence-electron chi connectivity index (χ3n) is 11.4. The van der Waals surface area contributed by atoms with Crippen LogP contribution in [0.25, 0.3) is 0 Å². The van der Waals surface area contributed by atoms with Gasteiger partial charge >= 0.3 is 0 Å². The molecule has 4 unspecified atom stereocenters. The maximum absolute atomic E-state index is 13.8. The molecule has 0 aromatic rings. The van der Waals surface area contributed by atoms with Gasteiger partial charge in [-0.3, -0.25) is 9.79 Å². The highest BCUT2D eigenvalue weighted by Crippen LogP contribution is 2.69. The second-order valence-corrected chi connectivity index (χ2v) is 13.0. The van der Waals surface area contributed by atoms with Crippen LogP contribution in [0.5, 0.6) is 0 Å². The van der Waals surface area contributed by atoms with Gasteiger partial charge in [0.05, 0.1) is 18.8 Å². The SMILES string of the molecule is CC1=NC2CC=C3CC4C(=O)C[C@]5(C)[C@@H]([C@H](C)N(C)C)[C@H](O)C[C@@]5(C)C4CCC3[C@]2(C)CO1. The maximum Gasteiger partial charge on any atom is 0.180 e. The van der Waals surface area contributed by atoms with Crippen molar-refractivity contribution < 1.29 is 14.6 Å². The highest BCUT2D eigenvalue weighted by atomic mass is 16.5. The predicted octanol–water partition coefficient (Wildman–Crippen LogP) is 4.49. The lowest BCUT2D eigenvalue weighted by Gasteiger charge is -2.56. The smallest absolute Gasteiger partial charge is 0.180 e. The van der Waals surface area contributed by atoms with Gasteiger partial charge in [-0.05, 0) is 75.8 Å². The van der Waals surface area contributed by atoms with Crippen molar-refractivity contribution in [2.45, 2.75) is 91.3 Å². The average Bonchev–Trinajstić information content (AvgIpc) is 2.86. The van der Waals surface area contributed by atoms with Crippen molar-refractivity contribution in [1.29, 1.82) is 0 Å². The molecule has 5 aliphatic rings. The zero-order chi connectivity index (χ0) is 23.9. The van der Waals surface area contributed by atoms with E-state index in [9.17, 15) is 9.90 Å². The van der Waals surface area contributed by atoms with Crippen molar-refractivity contribution in [1.82, 2.24) is 4.90 Å². The summed E-state index contributed by atoms with van der Waals surface area (Å²) in [5, 5.41) is 11.4. The van der Waals surface area contributed by atoms with Gasteiger partial charge in [0.2, 0.25) is 0 Å². The Morgan fingerprint density at radius 3 is 2.64 bits per heavy atom. The minimum absolute atomic E-state index is 0.0154. The van der Waals surface area contributed by atoms with E-state index < -0.39 is 0 Å².